The van der Waals surface area contributed by atoms with Crippen LogP contribution >= 0.6 is 0 Å². The monoisotopic (exact) mass is 485 g/mol. The molecule has 1 amide bonds. The molecule has 3 aromatic rings. The Hall–Kier alpha value is -4.06. The van der Waals surface area contributed by atoms with Crippen molar-refractivity contribution in [2.45, 2.75) is 32.7 Å². The Bertz CT molecular complexity index is 1230. The van der Waals surface area contributed by atoms with Gasteiger partial charge in [-0.05, 0) is 67.3 Å². The van der Waals surface area contributed by atoms with Gasteiger partial charge in [0.25, 0.3) is 11.7 Å². The highest BCUT2D eigenvalue weighted by atomic mass is 16.5. The van der Waals surface area contributed by atoms with E-state index in [1.54, 1.807) is 29.2 Å². The summed E-state index contributed by atoms with van der Waals surface area (Å²) in [5.41, 5.74) is 2.29. The fourth-order valence-corrected chi connectivity index (χ4v) is 4.38. The van der Waals surface area contributed by atoms with Crippen LogP contribution in [0.2, 0.25) is 0 Å². The summed E-state index contributed by atoms with van der Waals surface area (Å²) in [5, 5.41) is 11.3. The molecule has 1 saturated heterocycles. The third-order valence-electron chi connectivity index (χ3n) is 6.11. The number of carbonyl (C=O) groups excluding carboxylic acids is 2. The van der Waals surface area contributed by atoms with Crippen LogP contribution in [0, 0.1) is 0 Å². The zero-order valence-corrected chi connectivity index (χ0v) is 20.6. The third kappa shape index (κ3) is 5.43. The van der Waals surface area contributed by atoms with Gasteiger partial charge in [-0.2, -0.15) is 0 Å². The first-order chi connectivity index (χ1) is 17.5. The zero-order chi connectivity index (χ0) is 25.5. The van der Waals surface area contributed by atoms with Gasteiger partial charge in [-0.1, -0.05) is 49.4 Å². The normalized spacial score (nSPS) is 16.8. The van der Waals surface area contributed by atoms with E-state index >= 15 is 0 Å². The smallest absolute Gasteiger partial charge is 0.295 e. The fraction of sp³-hybridized carbons (Fsp3) is 0.267. The van der Waals surface area contributed by atoms with Crippen LogP contribution in [-0.2, 0) is 16.0 Å². The highest BCUT2D eigenvalue weighted by Crippen LogP contribution is 2.40. The van der Waals surface area contributed by atoms with Crippen molar-refractivity contribution < 1.29 is 24.2 Å². The lowest BCUT2D eigenvalue weighted by atomic mass is 9.95. The molecule has 4 rings (SSSR count). The predicted octanol–water partition coefficient (Wildman–Crippen LogP) is 5.54. The molecular weight excluding hydrogens is 454 g/mol. The van der Waals surface area contributed by atoms with E-state index in [4.69, 9.17) is 9.47 Å². The van der Waals surface area contributed by atoms with Crippen molar-refractivity contribution in [1.29, 1.82) is 0 Å². The lowest BCUT2D eigenvalue weighted by molar-refractivity contribution is -0.139. The largest absolute Gasteiger partial charge is 0.507 e. The van der Waals surface area contributed by atoms with Crippen molar-refractivity contribution in [3.8, 4) is 11.5 Å². The molecule has 1 fully saturated rings. The van der Waals surface area contributed by atoms with Crippen LogP contribution < -0.4 is 9.47 Å². The Labute approximate surface area is 211 Å². The Morgan fingerprint density at radius 1 is 0.889 bits per heavy atom. The molecule has 1 heterocycles. The Morgan fingerprint density at radius 2 is 1.64 bits per heavy atom. The first-order valence-electron chi connectivity index (χ1n) is 12.3. The van der Waals surface area contributed by atoms with Crippen LogP contribution in [0.5, 0.6) is 11.5 Å². The molecular formula is C30H31NO5. The summed E-state index contributed by atoms with van der Waals surface area (Å²) in [6.45, 7) is 5.33. The van der Waals surface area contributed by atoms with Gasteiger partial charge < -0.3 is 19.5 Å². The number of rotatable bonds is 10. The van der Waals surface area contributed by atoms with Gasteiger partial charge in [-0.15, -0.1) is 0 Å². The average molecular weight is 486 g/mol. The molecule has 0 aliphatic carbocycles. The quantitative estimate of drug-likeness (QED) is 0.232. The number of hydrogen-bond acceptors (Lipinski definition) is 5. The first-order valence-corrected chi connectivity index (χ1v) is 12.3. The van der Waals surface area contributed by atoms with Gasteiger partial charge in [-0.25, -0.2) is 0 Å². The number of ketones is 1. The Kier molecular flexibility index (Phi) is 8.06. The molecule has 0 radical (unpaired) electrons. The van der Waals surface area contributed by atoms with E-state index in [9.17, 15) is 14.7 Å². The maximum Gasteiger partial charge on any atom is 0.295 e. The first kappa shape index (κ1) is 25.0. The summed E-state index contributed by atoms with van der Waals surface area (Å²) < 4.78 is 11.3. The number of nitrogens with zero attached hydrogens (tertiary/aromatic N) is 1. The summed E-state index contributed by atoms with van der Waals surface area (Å²) in [7, 11) is 0. The van der Waals surface area contributed by atoms with Crippen LogP contribution in [0.4, 0.5) is 0 Å². The van der Waals surface area contributed by atoms with E-state index in [2.05, 4.69) is 0 Å². The highest BCUT2D eigenvalue weighted by molar-refractivity contribution is 6.46. The number of hydrogen-bond donors (Lipinski definition) is 1. The second-order valence-electron chi connectivity index (χ2n) is 8.61. The van der Waals surface area contributed by atoms with Crippen molar-refractivity contribution in [2.24, 2.45) is 0 Å². The molecule has 0 bridgehead atoms. The van der Waals surface area contributed by atoms with E-state index < -0.39 is 17.7 Å². The van der Waals surface area contributed by atoms with E-state index in [0.29, 0.717) is 48.8 Å². The molecule has 1 unspecified atom stereocenters. The van der Waals surface area contributed by atoms with Crippen molar-refractivity contribution >= 4 is 17.4 Å². The molecule has 3 aromatic carbocycles. The third-order valence-corrected chi connectivity index (χ3v) is 6.11. The molecule has 36 heavy (non-hydrogen) atoms. The van der Waals surface area contributed by atoms with E-state index in [0.717, 1.165) is 12.0 Å². The summed E-state index contributed by atoms with van der Waals surface area (Å²) in [6.07, 6.45) is 1.44. The number of likely N-dealkylation sites (tertiary alicyclic amines) is 1. The van der Waals surface area contributed by atoms with Crippen LogP contribution in [0.25, 0.3) is 5.76 Å². The maximum atomic E-state index is 13.3. The second-order valence-corrected chi connectivity index (χ2v) is 8.61. The summed E-state index contributed by atoms with van der Waals surface area (Å²) in [6, 6.07) is 23.3. The van der Waals surface area contributed by atoms with E-state index in [1.165, 1.54) is 0 Å². The minimum Gasteiger partial charge on any atom is -0.507 e. The van der Waals surface area contributed by atoms with Crippen molar-refractivity contribution in [1.82, 2.24) is 4.90 Å². The van der Waals surface area contributed by atoms with Crippen molar-refractivity contribution in [3.05, 3.63) is 101 Å². The number of carbonyl (C=O) groups is 2. The van der Waals surface area contributed by atoms with Gasteiger partial charge in [0.1, 0.15) is 17.3 Å². The van der Waals surface area contributed by atoms with Crippen LogP contribution in [0.15, 0.2) is 84.4 Å². The van der Waals surface area contributed by atoms with Gasteiger partial charge in [0.15, 0.2) is 0 Å². The number of benzene rings is 3. The van der Waals surface area contributed by atoms with Crippen LogP contribution in [-0.4, -0.2) is 41.5 Å². The lowest BCUT2D eigenvalue weighted by Crippen LogP contribution is -2.31. The molecule has 1 N–H and O–H groups in total. The standard InChI is InChI=1S/C30H31NO5/c1-3-19-36-25-12-8-11-23(20-25)27-26(28(32)22-13-15-24(16-14-22)35-4-2)29(33)30(34)31(27)18-17-21-9-6-5-7-10-21/h5-16,20,27,32H,3-4,17-19H2,1-2H3/b28-26+. The summed E-state index contributed by atoms with van der Waals surface area (Å²) in [4.78, 5) is 28.1. The summed E-state index contributed by atoms with van der Waals surface area (Å²) in [5.74, 6) is -0.204. The number of Topliss-reactive ketones (excluding diaryl/α,β-unsaturated/α-hetero) is 1. The molecule has 1 atom stereocenters. The second kappa shape index (κ2) is 11.6. The highest BCUT2D eigenvalue weighted by Gasteiger charge is 2.46. The molecule has 186 valence electrons. The number of amides is 1. The molecule has 0 aromatic heterocycles. The number of ether oxygens (including phenoxy) is 2. The van der Waals surface area contributed by atoms with Gasteiger partial charge in [0.05, 0.1) is 24.8 Å². The van der Waals surface area contributed by atoms with Crippen LogP contribution in [0.3, 0.4) is 0 Å². The van der Waals surface area contributed by atoms with E-state index in [-0.39, 0.29) is 11.3 Å². The zero-order valence-electron chi connectivity index (χ0n) is 20.6. The molecule has 6 nitrogen and oxygen atoms in total. The van der Waals surface area contributed by atoms with E-state index in [1.807, 2.05) is 68.4 Å². The number of aliphatic hydroxyl groups excluding tert-OH is 1. The van der Waals surface area contributed by atoms with Gasteiger partial charge in [0.2, 0.25) is 0 Å². The molecule has 0 saturated carbocycles. The van der Waals surface area contributed by atoms with Gasteiger partial charge >= 0.3 is 0 Å². The minimum atomic E-state index is -0.731. The molecule has 6 heteroatoms. The topological polar surface area (TPSA) is 76.1 Å². The van der Waals surface area contributed by atoms with Gasteiger partial charge in [0, 0.05) is 12.1 Å². The van der Waals surface area contributed by atoms with Crippen molar-refractivity contribution in [3.63, 3.8) is 0 Å². The minimum absolute atomic E-state index is 0.0739. The maximum absolute atomic E-state index is 13.3. The SMILES string of the molecule is CCCOc1cccc(C2/C(=C(\O)c3ccc(OCC)cc3)C(=O)C(=O)N2CCc2ccccc2)c1. The van der Waals surface area contributed by atoms with Gasteiger partial charge in [-0.3, -0.25) is 9.59 Å². The Morgan fingerprint density at radius 3 is 2.33 bits per heavy atom. The molecule has 1 aliphatic heterocycles. The van der Waals surface area contributed by atoms with Crippen LogP contribution in [0.1, 0.15) is 43.0 Å². The van der Waals surface area contributed by atoms with Crippen molar-refractivity contribution in [2.75, 3.05) is 19.8 Å². The molecule has 0 spiro atoms. The average Bonchev–Trinajstić information content (AvgIpc) is 3.16. The molecule has 1 aliphatic rings. The Balaban J connectivity index is 1.76. The lowest BCUT2D eigenvalue weighted by Gasteiger charge is -2.26. The summed E-state index contributed by atoms with van der Waals surface area (Å²) >= 11 is 0. The fourth-order valence-electron chi connectivity index (χ4n) is 4.38. The number of aliphatic hydroxyl groups is 1. The predicted molar refractivity (Wildman–Crippen MR) is 139 cm³/mol.